The number of benzene rings is 1. The smallest absolute Gasteiger partial charge is 0.282 e. The van der Waals surface area contributed by atoms with Gasteiger partial charge in [0.2, 0.25) is 0 Å². The molecule has 0 atom stereocenters. The topological polar surface area (TPSA) is 79.1 Å². The largest absolute Gasteiger partial charge is 0.296 e. The molecule has 82 valence electrons. The number of hydrogen-bond donors (Lipinski definition) is 1. The molecule has 1 rings (SSSR count). The summed E-state index contributed by atoms with van der Waals surface area (Å²) >= 11 is 8.78. The lowest BCUT2D eigenvalue weighted by Crippen LogP contribution is -1.98. The standard InChI is InChI=1S/C8H4N2O3S3/c11-16(12,13)7-3-1-2-6(9-4-14)8(7)10-5-15/h1-3H,(H,11,12,13). The van der Waals surface area contributed by atoms with E-state index in [1.165, 1.54) is 18.2 Å². The van der Waals surface area contributed by atoms with Crippen LogP contribution in [0.2, 0.25) is 0 Å². The average molecular weight is 272 g/mol. The van der Waals surface area contributed by atoms with E-state index >= 15 is 0 Å². The fourth-order valence-corrected chi connectivity index (χ4v) is 1.85. The van der Waals surface area contributed by atoms with Crippen molar-refractivity contribution in [3.8, 4) is 0 Å². The maximum Gasteiger partial charge on any atom is 0.296 e. The van der Waals surface area contributed by atoms with Crippen molar-refractivity contribution >= 4 is 56.3 Å². The van der Waals surface area contributed by atoms with E-state index in [2.05, 4.69) is 39.6 Å². The Morgan fingerprint density at radius 1 is 1.19 bits per heavy atom. The van der Waals surface area contributed by atoms with Crippen LogP contribution in [-0.4, -0.2) is 23.3 Å². The van der Waals surface area contributed by atoms with Crippen LogP contribution in [-0.2, 0) is 10.1 Å². The number of nitrogens with zero attached hydrogens (tertiary/aromatic N) is 2. The lowest BCUT2D eigenvalue weighted by Gasteiger charge is -2.02. The zero-order valence-corrected chi connectivity index (χ0v) is 10.1. The molecular formula is C8H4N2O3S3. The van der Waals surface area contributed by atoms with Gasteiger partial charge in [0.05, 0.1) is 10.3 Å². The second-order valence-electron chi connectivity index (χ2n) is 2.51. The molecule has 0 aromatic heterocycles. The first-order valence-corrected chi connectivity index (χ1v) is 6.02. The van der Waals surface area contributed by atoms with Gasteiger partial charge in [-0.2, -0.15) is 18.4 Å². The van der Waals surface area contributed by atoms with Crippen molar-refractivity contribution in [2.45, 2.75) is 4.90 Å². The minimum absolute atomic E-state index is 0.114. The van der Waals surface area contributed by atoms with Gasteiger partial charge in [0, 0.05) is 0 Å². The molecule has 1 aromatic rings. The van der Waals surface area contributed by atoms with E-state index in [4.69, 9.17) is 4.55 Å². The molecule has 1 aromatic carbocycles. The van der Waals surface area contributed by atoms with E-state index in [1.807, 2.05) is 5.16 Å². The summed E-state index contributed by atoms with van der Waals surface area (Å²) in [4.78, 5) is 6.74. The Hall–Kier alpha value is -1.27. The minimum Gasteiger partial charge on any atom is -0.282 e. The first-order valence-electron chi connectivity index (χ1n) is 3.77. The maximum atomic E-state index is 11.0. The van der Waals surface area contributed by atoms with Crippen LogP contribution in [0.3, 0.4) is 0 Å². The zero-order chi connectivity index (χ0) is 12.2. The van der Waals surface area contributed by atoms with E-state index in [1.54, 1.807) is 0 Å². The highest BCUT2D eigenvalue weighted by Gasteiger charge is 2.17. The van der Waals surface area contributed by atoms with Crippen molar-refractivity contribution in [3.63, 3.8) is 0 Å². The molecule has 16 heavy (non-hydrogen) atoms. The highest BCUT2D eigenvalue weighted by molar-refractivity contribution is 7.86. The number of hydrogen-bond acceptors (Lipinski definition) is 6. The number of thiocarbonyl (C=S) groups is 2. The SMILES string of the molecule is O=S(=O)(O)c1cccc(N=C=S)c1N=C=S. The van der Waals surface area contributed by atoms with E-state index in [9.17, 15) is 8.42 Å². The lowest BCUT2D eigenvalue weighted by atomic mass is 10.3. The van der Waals surface area contributed by atoms with Crippen LogP contribution < -0.4 is 0 Å². The molecule has 0 heterocycles. The molecule has 0 saturated heterocycles. The summed E-state index contributed by atoms with van der Waals surface area (Å²) in [6, 6.07) is 4.01. The van der Waals surface area contributed by atoms with Crippen LogP contribution in [0.25, 0.3) is 0 Å². The molecule has 0 spiro atoms. The number of isothiocyanates is 2. The highest BCUT2D eigenvalue weighted by Crippen LogP contribution is 2.33. The fraction of sp³-hybridized carbons (Fsp3) is 0. The number of para-hydroxylation sites is 1. The van der Waals surface area contributed by atoms with E-state index < -0.39 is 15.0 Å². The molecule has 0 unspecified atom stereocenters. The molecule has 0 aliphatic heterocycles. The fourth-order valence-electron chi connectivity index (χ4n) is 1.02. The molecule has 1 N–H and O–H groups in total. The van der Waals surface area contributed by atoms with Crippen LogP contribution in [0.5, 0.6) is 0 Å². The Kier molecular flexibility index (Phi) is 4.14. The Morgan fingerprint density at radius 2 is 1.81 bits per heavy atom. The van der Waals surface area contributed by atoms with Crippen LogP contribution in [0, 0.1) is 0 Å². The van der Waals surface area contributed by atoms with Crippen LogP contribution in [0.1, 0.15) is 0 Å². The molecule has 8 heteroatoms. The normalized spacial score (nSPS) is 10.1. The van der Waals surface area contributed by atoms with Gasteiger partial charge in [-0.25, -0.2) is 0 Å². The van der Waals surface area contributed by atoms with Gasteiger partial charge in [0.15, 0.2) is 0 Å². The predicted molar refractivity (Wildman–Crippen MR) is 65.6 cm³/mol. The summed E-state index contributed by atoms with van der Waals surface area (Å²) in [5, 5.41) is 4.08. The zero-order valence-electron chi connectivity index (χ0n) is 7.61. The summed E-state index contributed by atoms with van der Waals surface area (Å²) in [7, 11) is -4.40. The summed E-state index contributed by atoms with van der Waals surface area (Å²) in [6.45, 7) is 0. The van der Waals surface area contributed by atoms with Crippen LogP contribution >= 0.6 is 24.4 Å². The second-order valence-corrected chi connectivity index (χ2v) is 4.26. The molecule has 0 saturated carbocycles. The summed E-state index contributed by atoms with van der Waals surface area (Å²) < 4.78 is 31.0. The van der Waals surface area contributed by atoms with Gasteiger partial charge >= 0.3 is 0 Å². The molecule has 0 fully saturated rings. The molecular weight excluding hydrogens is 268 g/mol. The first kappa shape index (κ1) is 12.8. The highest BCUT2D eigenvalue weighted by atomic mass is 32.2. The van der Waals surface area contributed by atoms with E-state index in [0.29, 0.717) is 0 Å². The first-order chi connectivity index (χ1) is 7.50. The lowest BCUT2D eigenvalue weighted by molar-refractivity contribution is 0.483. The van der Waals surface area contributed by atoms with Gasteiger partial charge in [-0.3, -0.25) is 4.55 Å². The molecule has 0 aliphatic rings. The van der Waals surface area contributed by atoms with Crippen molar-refractivity contribution in [1.29, 1.82) is 0 Å². The van der Waals surface area contributed by atoms with Gasteiger partial charge in [-0.1, -0.05) is 6.07 Å². The average Bonchev–Trinajstić information content (AvgIpc) is 2.19. The summed E-state index contributed by atoms with van der Waals surface area (Å²) in [6.07, 6.45) is 0. The Balaban J connectivity index is 3.70. The molecule has 5 nitrogen and oxygen atoms in total. The van der Waals surface area contributed by atoms with Crippen molar-refractivity contribution in [3.05, 3.63) is 18.2 Å². The van der Waals surface area contributed by atoms with Gasteiger partial charge in [-0.05, 0) is 36.6 Å². The summed E-state index contributed by atoms with van der Waals surface area (Å²) in [5.74, 6) is 0. The van der Waals surface area contributed by atoms with Gasteiger partial charge < -0.3 is 0 Å². The predicted octanol–water partition coefficient (Wildman–Crippen LogP) is 2.40. The Morgan fingerprint density at radius 3 is 2.31 bits per heavy atom. The minimum atomic E-state index is -4.40. The quantitative estimate of drug-likeness (QED) is 0.519. The number of aliphatic imine (C=N–C) groups is 2. The van der Waals surface area contributed by atoms with Crippen LogP contribution in [0.15, 0.2) is 33.1 Å². The van der Waals surface area contributed by atoms with Crippen molar-refractivity contribution in [2.24, 2.45) is 9.98 Å². The van der Waals surface area contributed by atoms with Gasteiger partial charge in [0.1, 0.15) is 16.3 Å². The van der Waals surface area contributed by atoms with Gasteiger partial charge in [0.25, 0.3) is 10.1 Å². The van der Waals surface area contributed by atoms with Crippen molar-refractivity contribution in [2.75, 3.05) is 0 Å². The van der Waals surface area contributed by atoms with E-state index in [0.717, 1.165) is 0 Å². The van der Waals surface area contributed by atoms with Gasteiger partial charge in [-0.15, -0.1) is 0 Å². The monoisotopic (exact) mass is 272 g/mol. The Labute approximate surface area is 102 Å². The third-order valence-electron chi connectivity index (χ3n) is 1.58. The van der Waals surface area contributed by atoms with E-state index in [-0.39, 0.29) is 11.4 Å². The molecule has 0 aliphatic carbocycles. The maximum absolute atomic E-state index is 11.0. The Bertz CT molecular complexity index is 611. The van der Waals surface area contributed by atoms with Crippen molar-refractivity contribution in [1.82, 2.24) is 0 Å². The van der Waals surface area contributed by atoms with Crippen molar-refractivity contribution < 1.29 is 13.0 Å². The van der Waals surface area contributed by atoms with Crippen LogP contribution in [0.4, 0.5) is 11.4 Å². The molecule has 0 radical (unpaired) electrons. The summed E-state index contributed by atoms with van der Waals surface area (Å²) in [5.41, 5.74) is 0.0276. The molecule has 0 bridgehead atoms. The number of rotatable bonds is 3. The second kappa shape index (κ2) is 5.18. The third kappa shape index (κ3) is 2.86. The molecule has 0 amide bonds. The third-order valence-corrected chi connectivity index (χ3v) is 2.65.